The van der Waals surface area contributed by atoms with E-state index >= 15 is 0 Å². The zero-order chi connectivity index (χ0) is 25.2. The van der Waals surface area contributed by atoms with Crippen LogP contribution in [-0.2, 0) is 38.8 Å². The Morgan fingerprint density at radius 3 is 1.48 bits per heavy atom. The average molecular weight is 504 g/mol. The molecule has 0 aromatic carbocycles. The van der Waals surface area contributed by atoms with E-state index in [0.29, 0.717) is 0 Å². The molecule has 0 fully saturated rings. The van der Waals surface area contributed by atoms with Crippen LogP contribution in [0, 0.1) is 0 Å². The lowest BCUT2D eigenvalue weighted by Gasteiger charge is -2.26. The average Bonchev–Trinajstić information content (AvgIpc) is 2.66. The van der Waals surface area contributed by atoms with Crippen LogP contribution >= 0.6 is 0 Å². The molecule has 0 heterocycles. The van der Waals surface area contributed by atoms with Gasteiger partial charge in [0.2, 0.25) is 0 Å². The van der Waals surface area contributed by atoms with Gasteiger partial charge in [-0.25, -0.2) is 8.37 Å². The van der Waals surface area contributed by atoms with Crippen LogP contribution < -0.4 is 0 Å². The highest BCUT2D eigenvalue weighted by Gasteiger charge is 2.37. The zero-order valence-corrected chi connectivity index (χ0v) is 17.2. The van der Waals surface area contributed by atoms with Gasteiger partial charge in [-0.05, 0) is 6.92 Å². The van der Waals surface area contributed by atoms with Crippen molar-refractivity contribution in [1.82, 2.24) is 0 Å². The smallest absolute Gasteiger partial charge is 0.394 e. The normalized spacial score (nSPS) is 20.1. The number of carbonyl (C=O) groups is 2. The highest BCUT2D eigenvalue weighted by Crippen LogP contribution is 2.12. The Bertz CT molecular complexity index is 734. The van der Waals surface area contributed by atoms with Crippen molar-refractivity contribution >= 4 is 33.4 Å². The van der Waals surface area contributed by atoms with Gasteiger partial charge >= 0.3 is 20.8 Å². The van der Waals surface area contributed by atoms with Crippen LogP contribution in [0.2, 0.25) is 0 Å². The minimum atomic E-state index is -5.15. The third kappa shape index (κ3) is 13.7. The molecule has 31 heavy (non-hydrogen) atoms. The minimum absolute atomic E-state index is 0.0935. The maximum Gasteiger partial charge on any atom is 0.398 e. The third-order valence-electron chi connectivity index (χ3n) is 3.19. The molecule has 0 aromatic heterocycles. The number of hydrogen-bond donors (Lipinski definition) is 9. The Morgan fingerprint density at radius 1 is 0.742 bits per heavy atom. The fraction of sp³-hybridized carbons (Fsp3) is 0.833. The number of carbonyl (C=O) groups excluding carboxylic acids is 2. The van der Waals surface area contributed by atoms with E-state index in [1.165, 1.54) is 6.92 Å². The van der Waals surface area contributed by atoms with Crippen LogP contribution in [0.5, 0.6) is 0 Å². The molecule has 0 aliphatic carbocycles. The van der Waals surface area contributed by atoms with Crippen molar-refractivity contribution in [2.24, 2.45) is 0 Å². The van der Waals surface area contributed by atoms with E-state index < -0.39 is 76.2 Å². The zero-order valence-electron chi connectivity index (χ0n) is 15.6. The topological polar surface area (TPSA) is 303 Å². The van der Waals surface area contributed by atoms with Crippen LogP contribution in [-0.4, -0.2) is 130 Å². The van der Waals surface area contributed by atoms with Gasteiger partial charge in [0.05, 0.1) is 12.7 Å². The Kier molecular flexibility index (Phi) is 14.5. The molecule has 0 unspecified atom stereocenters. The summed E-state index contributed by atoms with van der Waals surface area (Å²) in [5.74, 6) is 0. The van der Waals surface area contributed by atoms with E-state index in [9.17, 15) is 36.6 Å². The summed E-state index contributed by atoms with van der Waals surface area (Å²) in [4.78, 5) is 20.4. The maximum atomic E-state index is 10.5. The monoisotopic (exact) mass is 504 g/mol. The van der Waals surface area contributed by atoms with Gasteiger partial charge in [-0.15, -0.1) is 0 Å². The molecule has 19 heteroatoms. The van der Waals surface area contributed by atoms with Crippen molar-refractivity contribution in [3.05, 3.63) is 0 Å². The van der Waals surface area contributed by atoms with E-state index in [4.69, 9.17) is 34.6 Å². The van der Waals surface area contributed by atoms with E-state index in [-0.39, 0.29) is 12.6 Å². The summed E-state index contributed by atoms with van der Waals surface area (Å²) in [7, 11) is -10.3. The quantitative estimate of drug-likeness (QED) is 0.0832. The fourth-order valence-electron chi connectivity index (χ4n) is 1.63. The first-order valence-electron chi connectivity index (χ1n) is 7.83. The lowest BCUT2D eigenvalue weighted by atomic mass is 10.0. The molecular formula is C12H24O17S2. The second kappa shape index (κ2) is 14.1. The van der Waals surface area contributed by atoms with E-state index in [0.717, 1.165) is 0 Å². The Labute approximate surface area is 176 Å². The maximum absolute atomic E-state index is 10.5. The molecule has 0 bridgehead atoms. The summed E-state index contributed by atoms with van der Waals surface area (Å²) in [6.07, 6.45) is -15.4. The third-order valence-corrected chi connectivity index (χ3v) is 4.15. The van der Waals surface area contributed by atoms with Gasteiger partial charge in [-0.3, -0.25) is 9.11 Å². The number of rotatable bonds is 13. The lowest BCUT2D eigenvalue weighted by molar-refractivity contribution is -0.132. The summed E-state index contributed by atoms with van der Waals surface area (Å²) in [6.45, 7) is 0.0148. The highest BCUT2D eigenvalue weighted by atomic mass is 32.3. The molecule has 0 radical (unpaired) electrons. The van der Waals surface area contributed by atoms with Crippen LogP contribution in [0.4, 0.5) is 0 Å². The summed E-state index contributed by atoms with van der Waals surface area (Å²) in [5, 5.41) is 62.6. The predicted octanol–water partition coefficient (Wildman–Crippen LogP) is -6.08. The Morgan fingerprint density at radius 2 is 1.19 bits per heavy atom. The van der Waals surface area contributed by atoms with Crippen molar-refractivity contribution in [1.29, 1.82) is 0 Å². The van der Waals surface area contributed by atoms with Crippen molar-refractivity contribution in [3.63, 3.8) is 0 Å². The fourth-order valence-corrected chi connectivity index (χ4v) is 2.56. The van der Waals surface area contributed by atoms with Crippen LogP contribution in [0.15, 0.2) is 0 Å². The summed E-state index contributed by atoms with van der Waals surface area (Å²) in [5.41, 5.74) is 0. The molecule has 9 N–H and O–H groups in total. The highest BCUT2D eigenvalue weighted by molar-refractivity contribution is 7.81. The van der Waals surface area contributed by atoms with Crippen molar-refractivity contribution in [3.8, 4) is 0 Å². The van der Waals surface area contributed by atoms with Crippen molar-refractivity contribution in [2.75, 3.05) is 6.61 Å². The standard InChI is InChI=1S/C6H12O12S2.C6H12O5/c7-1-3(17-19(11,12)13)5(9)6(10)4(2-8)18-20(14,15)16;1-3(8)5(10)6(11)4(9)2-7/h1,3-6,8-10H,2H2,(H,11,12,13)(H,14,15,16);2-6,8-11H,1H3/t3-,4-,5-,6-;3-,4+,5+,6-/m10/s1. The molecule has 186 valence electrons. The second-order valence-electron chi connectivity index (χ2n) is 5.70. The van der Waals surface area contributed by atoms with Gasteiger partial charge in [0, 0.05) is 0 Å². The molecular weight excluding hydrogens is 480 g/mol. The van der Waals surface area contributed by atoms with Gasteiger partial charge in [0.1, 0.15) is 36.6 Å². The van der Waals surface area contributed by atoms with Crippen LogP contribution in [0.3, 0.4) is 0 Å². The van der Waals surface area contributed by atoms with E-state index in [1.54, 1.807) is 0 Å². The molecule has 0 aliphatic rings. The van der Waals surface area contributed by atoms with Crippen molar-refractivity contribution < 1.29 is 79.6 Å². The number of aliphatic hydroxyl groups excluding tert-OH is 7. The molecule has 8 atom stereocenters. The van der Waals surface area contributed by atoms with Gasteiger partial charge in [-0.1, -0.05) is 0 Å². The molecule has 0 saturated heterocycles. The molecule has 0 aromatic rings. The molecule has 0 aliphatic heterocycles. The first-order valence-corrected chi connectivity index (χ1v) is 10.6. The van der Waals surface area contributed by atoms with Gasteiger partial charge in [0.15, 0.2) is 18.7 Å². The predicted molar refractivity (Wildman–Crippen MR) is 93.8 cm³/mol. The van der Waals surface area contributed by atoms with Crippen LogP contribution in [0.25, 0.3) is 0 Å². The molecule has 0 amide bonds. The Balaban J connectivity index is 0. The lowest BCUT2D eigenvalue weighted by Crippen LogP contribution is -2.49. The molecule has 0 spiro atoms. The SMILES string of the molecule is C[C@H](O)[C@@H](O)[C@@H](O)[C@H](O)C=O.O=C[C@@H](OS(=O)(=O)O)[C@@H](O)[C@H](O)[C@@H](CO)OS(=O)(=O)O. The van der Waals surface area contributed by atoms with Gasteiger partial charge in [0.25, 0.3) is 0 Å². The molecule has 17 nitrogen and oxygen atoms in total. The van der Waals surface area contributed by atoms with Crippen LogP contribution in [0.1, 0.15) is 6.92 Å². The second-order valence-corrected chi connectivity index (χ2v) is 7.80. The number of hydrogen-bond acceptors (Lipinski definition) is 15. The summed E-state index contributed by atoms with van der Waals surface area (Å²) < 4.78 is 65.6. The largest absolute Gasteiger partial charge is 0.398 e. The first-order chi connectivity index (χ1) is 13.9. The summed E-state index contributed by atoms with van der Waals surface area (Å²) in [6, 6.07) is 0. The molecule has 0 rings (SSSR count). The first kappa shape index (κ1) is 32.0. The Hall–Kier alpha value is -1.20. The number of aliphatic hydroxyl groups is 7. The molecule has 0 saturated carbocycles. The van der Waals surface area contributed by atoms with E-state index in [1.807, 2.05) is 0 Å². The van der Waals surface area contributed by atoms with Gasteiger partial charge in [-0.2, -0.15) is 16.8 Å². The summed E-state index contributed by atoms with van der Waals surface area (Å²) >= 11 is 0. The van der Waals surface area contributed by atoms with E-state index in [2.05, 4.69) is 8.37 Å². The van der Waals surface area contributed by atoms with Crippen molar-refractivity contribution in [2.45, 2.75) is 55.8 Å². The van der Waals surface area contributed by atoms with Gasteiger partial charge < -0.3 is 45.3 Å². The number of aldehydes is 2. The minimum Gasteiger partial charge on any atom is -0.394 e.